The van der Waals surface area contributed by atoms with Gasteiger partial charge in [-0.2, -0.15) is 0 Å². The van der Waals surface area contributed by atoms with E-state index >= 15 is 0 Å². The lowest BCUT2D eigenvalue weighted by Crippen LogP contribution is -2.48. The van der Waals surface area contributed by atoms with E-state index in [0.29, 0.717) is 18.2 Å². The largest absolute Gasteiger partial charge is 0.333 e. The molecule has 6 nitrogen and oxygen atoms in total. The predicted octanol–water partition coefficient (Wildman–Crippen LogP) is 5.11. The first-order chi connectivity index (χ1) is 15.9. The number of amides is 1. The molecule has 0 bridgehead atoms. The molecule has 174 valence electrons. The zero-order chi connectivity index (χ0) is 23.2. The van der Waals surface area contributed by atoms with E-state index < -0.39 is 0 Å². The first-order valence-electron chi connectivity index (χ1n) is 12.1. The van der Waals surface area contributed by atoms with Crippen molar-refractivity contribution in [2.45, 2.75) is 75.9 Å². The Kier molecular flexibility index (Phi) is 5.91. The van der Waals surface area contributed by atoms with Crippen LogP contribution in [-0.4, -0.2) is 44.4 Å². The van der Waals surface area contributed by atoms with Gasteiger partial charge in [0.1, 0.15) is 5.52 Å². The predicted molar refractivity (Wildman–Crippen MR) is 132 cm³/mol. The molecule has 0 unspecified atom stereocenters. The second-order valence-electron chi connectivity index (χ2n) is 10.0. The number of nitrogens with zero attached hydrogens (tertiary/aromatic N) is 4. The third kappa shape index (κ3) is 4.15. The highest BCUT2D eigenvalue weighted by Gasteiger charge is 2.43. The number of carbonyl (C=O) groups excluding carboxylic acids is 1. The average Bonchev–Trinajstić information content (AvgIpc) is 3.56. The van der Waals surface area contributed by atoms with Crippen molar-refractivity contribution in [3.63, 3.8) is 0 Å². The Morgan fingerprint density at radius 1 is 1.15 bits per heavy atom. The van der Waals surface area contributed by atoms with E-state index in [-0.39, 0.29) is 23.4 Å². The van der Waals surface area contributed by atoms with Gasteiger partial charge in [0.05, 0.1) is 5.52 Å². The molecule has 2 fully saturated rings. The Balaban J connectivity index is 1.37. The summed E-state index contributed by atoms with van der Waals surface area (Å²) in [5.74, 6) is 0.117. The molecule has 2 aliphatic rings. The number of carbonyl (C=O) groups is 1. The minimum absolute atomic E-state index is 0.0616. The molecule has 2 aliphatic carbocycles. The third-order valence-electron chi connectivity index (χ3n) is 7.52. The van der Waals surface area contributed by atoms with Crippen molar-refractivity contribution in [1.82, 2.24) is 19.9 Å². The Morgan fingerprint density at radius 3 is 2.52 bits per heavy atom. The zero-order valence-corrected chi connectivity index (χ0v) is 20.1. The molecular formula is C26H32ClN5O. The molecule has 0 spiro atoms. The van der Waals surface area contributed by atoms with Gasteiger partial charge in [-0.25, -0.2) is 4.68 Å². The maximum absolute atomic E-state index is 13.7. The van der Waals surface area contributed by atoms with Crippen LogP contribution in [-0.2, 0) is 5.41 Å². The minimum Gasteiger partial charge on any atom is -0.333 e. The maximum atomic E-state index is 13.7. The molecule has 2 saturated carbocycles. The number of aromatic nitrogens is 3. The summed E-state index contributed by atoms with van der Waals surface area (Å²) in [6, 6.07) is 14.7. The quantitative estimate of drug-likeness (QED) is 0.548. The van der Waals surface area contributed by atoms with Crippen LogP contribution in [0.4, 0.5) is 0 Å². The van der Waals surface area contributed by atoms with Gasteiger partial charge in [0.15, 0.2) is 0 Å². The summed E-state index contributed by atoms with van der Waals surface area (Å²) in [5.41, 5.74) is 9.91. The summed E-state index contributed by atoms with van der Waals surface area (Å²) in [5, 5.41) is 9.31. The summed E-state index contributed by atoms with van der Waals surface area (Å²) in [6.07, 6.45) is 6.02. The third-order valence-corrected chi connectivity index (χ3v) is 7.75. The van der Waals surface area contributed by atoms with Gasteiger partial charge in [-0.3, -0.25) is 4.79 Å². The SMILES string of the molecule is CC(C)n1nnc2cc(C(=O)N(C3CC3)[C@H]3CC[C@](CN)(c4cccc(Cl)c4)CC3)ccc21. The Bertz CT molecular complexity index is 1160. The molecule has 0 saturated heterocycles. The number of rotatable bonds is 6. The molecule has 2 aromatic carbocycles. The van der Waals surface area contributed by atoms with Crippen molar-refractivity contribution in [3.8, 4) is 0 Å². The lowest BCUT2D eigenvalue weighted by atomic mass is 9.68. The fourth-order valence-electron chi connectivity index (χ4n) is 5.45. The van der Waals surface area contributed by atoms with Crippen LogP contribution in [0.5, 0.6) is 0 Å². The summed E-state index contributed by atoms with van der Waals surface area (Å²) in [4.78, 5) is 15.8. The fraction of sp³-hybridized carbons (Fsp3) is 0.500. The first kappa shape index (κ1) is 22.4. The lowest BCUT2D eigenvalue weighted by molar-refractivity contribution is 0.0572. The monoisotopic (exact) mass is 465 g/mol. The molecule has 5 rings (SSSR count). The molecule has 0 atom stereocenters. The van der Waals surface area contributed by atoms with Crippen LogP contribution in [0.3, 0.4) is 0 Å². The van der Waals surface area contributed by atoms with E-state index in [2.05, 4.69) is 41.2 Å². The minimum atomic E-state index is -0.0616. The Morgan fingerprint density at radius 2 is 1.88 bits per heavy atom. The Hall–Kier alpha value is -2.44. The van der Waals surface area contributed by atoms with E-state index in [1.165, 1.54) is 5.56 Å². The number of benzene rings is 2. The van der Waals surface area contributed by atoms with Crippen LogP contribution in [0.1, 0.15) is 74.3 Å². The second-order valence-corrected chi connectivity index (χ2v) is 10.4. The number of hydrogen-bond donors (Lipinski definition) is 1. The summed E-state index contributed by atoms with van der Waals surface area (Å²) in [6.45, 7) is 4.76. The van der Waals surface area contributed by atoms with Crippen molar-refractivity contribution >= 4 is 28.5 Å². The van der Waals surface area contributed by atoms with E-state index in [4.69, 9.17) is 17.3 Å². The van der Waals surface area contributed by atoms with Gasteiger partial charge >= 0.3 is 0 Å². The highest BCUT2D eigenvalue weighted by atomic mass is 35.5. The molecule has 1 heterocycles. The molecule has 7 heteroatoms. The van der Waals surface area contributed by atoms with Crippen molar-refractivity contribution in [1.29, 1.82) is 0 Å². The smallest absolute Gasteiger partial charge is 0.254 e. The van der Waals surface area contributed by atoms with Crippen LogP contribution in [0.25, 0.3) is 11.0 Å². The fourth-order valence-corrected chi connectivity index (χ4v) is 5.64. The summed E-state index contributed by atoms with van der Waals surface area (Å²) in [7, 11) is 0. The average molecular weight is 466 g/mol. The molecule has 33 heavy (non-hydrogen) atoms. The van der Waals surface area contributed by atoms with Crippen molar-refractivity contribution in [3.05, 3.63) is 58.6 Å². The lowest BCUT2D eigenvalue weighted by Gasteiger charge is -2.44. The van der Waals surface area contributed by atoms with Gasteiger partial charge < -0.3 is 10.6 Å². The van der Waals surface area contributed by atoms with E-state index in [1.807, 2.05) is 35.0 Å². The number of halogens is 1. The molecule has 3 aromatic rings. The summed E-state index contributed by atoms with van der Waals surface area (Å²) >= 11 is 6.28. The second kappa shape index (κ2) is 8.73. The topological polar surface area (TPSA) is 77.0 Å². The van der Waals surface area contributed by atoms with Crippen LogP contribution >= 0.6 is 11.6 Å². The standard InChI is InChI=1S/C26H32ClN5O/c1-17(2)32-24-9-6-18(14-23(24)29-30-32)25(33)31(21-7-8-21)22-10-12-26(16-28,13-11-22)19-4-3-5-20(27)15-19/h3-6,9,14-15,17,21-22H,7-8,10-13,16,28H2,1-2H3/t22-,26-. The van der Waals surface area contributed by atoms with Crippen LogP contribution in [0.2, 0.25) is 5.02 Å². The molecule has 1 aromatic heterocycles. The van der Waals surface area contributed by atoms with Crippen molar-refractivity contribution < 1.29 is 4.79 Å². The molecule has 0 aliphatic heterocycles. The van der Waals surface area contributed by atoms with Gasteiger partial charge in [0.25, 0.3) is 5.91 Å². The van der Waals surface area contributed by atoms with Gasteiger partial charge in [0.2, 0.25) is 0 Å². The van der Waals surface area contributed by atoms with Crippen LogP contribution in [0, 0.1) is 0 Å². The molecule has 1 amide bonds. The van der Waals surface area contributed by atoms with Gasteiger partial charge in [-0.05, 0) is 88.3 Å². The van der Waals surface area contributed by atoms with E-state index in [1.54, 1.807) is 0 Å². The van der Waals surface area contributed by atoms with Crippen LogP contribution < -0.4 is 5.73 Å². The number of fused-ring (bicyclic) bond motifs is 1. The molecule has 2 N–H and O–H groups in total. The van der Waals surface area contributed by atoms with Gasteiger partial charge in [0, 0.05) is 40.7 Å². The highest BCUT2D eigenvalue weighted by molar-refractivity contribution is 6.30. The molecule has 0 radical (unpaired) electrons. The zero-order valence-electron chi connectivity index (χ0n) is 19.4. The number of hydrogen-bond acceptors (Lipinski definition) is 4. The maximum Gasteiger partial charge on any atom is 0.254 e. The van der Waals surface area contributed by atoms with Gasteiger partial charge in [-0.15, -0.1) is 5.10 Å². The highest BCUT2D eigenvalue weighted by Crippen LogP contribution is 2.43. The van der Waals surface area contributed by atoms with E-state index in [0.717, 1.165) is 54.6 Å². The Labute approximate surface area is 200 Å². The van der Waals surface area contributed by atoms with Gasteiger partial charge in [-0.1, -0.05) is 28.9 Å². The molecular weight excluding hydrogens is 434 g/mol. The van der Waals surface area contributed by atoms with Crippen LogP contribution in [0.15, 0.2) is 42.5 Å². The first-order valence-corrected chi connectivity index (χ1v) is 12.4. The number of nitrogens with two attached hydrogens (primary N) is 1. The van der Waals surface area contributed by atoms with E-state index in [9.17, 15) is 4.79 Å². The summed E-state index contributed by atoms with van der Waals surface area (Å²) < 4.78 is 1.89. The van der Waals surface area contributed by atoms with Crippen molar-refractivity contribution in [2.24, 2.45) is 5.73 Å². The van der Waals surface area contributed by atoms with Crippen molar-refractivity contribution in [2.75, 3.05) is 6.54 Å². The normalized spacial score (nSPS) is 23.2.